The normalized spacial score (nSPS) is 9.88. The monoisotopic (exact) mass is 228 g/mol. The topological polar surface area (TPSA) is 80.9 Å². The standard InChI is InChI=1S/C12H12N4O/c13-12(17)9-2-1-3-10(6-9)15-7-11-4-5-14-8-16-11/h1-6,8,15H,7H2,(H2,13,17). The molecule has 17 heavy (non-hydrogen) atoms. The Labute approximate surface area is 98.7 Å². The third-order valence-corrected chi connectivity index (χ3v) is 2.26. The fraction of sp³-hybridized carbons (Fsp3) is 0.0833. The molecule has 1 amide bonds. The highest BCUT2D eigenvalue weighted by molar-refractivity contribution is 5.93. The van der Waals surface area contributed by atoms with Crippen LogP contribution in [-0.2, 0) is 6.54 Å². The minimum atomic E-state index is -0.435. The molecule has 2 aromatic rings. The number of nitrogens with one attached hydrogen (secondary N) is 1. The first kappa shape index (κ1) is 11.1. The van der Waals surface area contributed by atoms with Crippen molar-refractivity contribution < 1.29 is 4.79 Å². The zero-order chi connectivity index (χ0) is 12.1. The zero-order valence-electron chi connectivity index (χ0n) is 9.13. The number of anilines is 1. The smallest absolute Gasteiger partial charge is 0.248 e. The number of carbonyl (C=O) groups is 1. The van der Waals surface area contributed by atoms with Crippen LogP contribution in [-0.4, -0.2) is 15.9 Å². The van der Waals surface area contributed by atoms with Gasteiger partial charge in [0.25, 0.3) is 0 Å². The van der Waals surface area contributed by atoms with Gasteiger partial charge in [-0.25, -0.2) is 9.97 Å². The van der Waals surface area contributed by atoms with Crippen molar-refractivity contribution in [2.45, 2.75) is 6.54 Å². The van der Waals surface area contributed by atoms with Gasteiger partial charge in [-0.15, -0.1) is 0 Å². The molecule has 5 heteroatoms. The minimum Gasteiger partial charge on any atom is -0.379 e. The summed E-state index contributed by atoms with van der Waals surface area (Å²) in [5.41, 5.74) is 7.40. The van der Waals surface area contributed by atoms with E-state index in [-0.39, 0.29) is 0 Å². The van der Waals surface area contributed by atoms with Crippen LogP contribution >= 0.6 is 0 Å². The second kappa shape index (κ2) is 5.07. The van der Waals surface area contributed by atoms with Gasteiger partial charge in [-0.2, -0.15) is 0 Å². The predicted molar refractivity (Wildman–Crippen MR) is 64.3 cm³/mol. The summed E-state index contributed by atoms with van der Waals surface area (Å²) in [6, 6.07) is 8.86. The van der Waals surface area contributed by atoms with Crippen LogP contribution in [0.5, 0.6) is 0 Å². The Morgan fingerprint density at radius 3 is 2.94 bits per heavy atom. The molecule has 86 valence electrons. The number of amides is 1. The van der Waals surface area contributed by atoms with Crippen molar-refractivity contribution in [1.29, 1.82) is 0 Å². The molecule has 0 saturated heterocycles. The largest absolute Gasteiger partial charge is 0.379 e. The number of primary amides is 1. The number of hydrogen-bond acceptors (Lipinski definition) is 4. The maximum atomic E-state index is 11.0. The van der Waals surface area contributed by atoms with Gasteiger partial charge in [0.05, 0.1) is 12.2 Å². The zero-order valence-corrected chi connectivity index (χ0v) is 9.13. The van der Waals surface area contributed by atoms with Crippen molar-refractivity contribution in [3.05, 3.63) is 54.1 Å². The number of hydrogen-bond donors (Lipinski definition) is 2. The Morgan fingerprint density at radius 1 is 1.35 bits per heavy atom. The van der Waals surface area contributed by atoms with Crippen molar-refractivity contribution in [1.82, 2.24) is 9.97 Å². The van der Waals surface area contributed by atoms with Crippen molar-refractivity contribution in [3.8, 4) is 0 Å². The van der Waals surface area contributed by atoms with Gasteiger partial charge in [-0.1, -0.05) is 6.07 Å². The molecule has 2 rings (SSSR count). The Balaban J connectivity index is 2.04. The van der Waals surface area contributed by atoms with Crippen LogP contribution in [0.2, 0.25) is 0 Å². The van der Waals surface area contributed by atoms with Crippen LogP contribution in [0, 0.1) is 0 Å². The maximum Gasteiger partial charge on any atom is 0.248 e. The molecule has 0 aliphatic heterocycles. The average Bonchev–Trinajstić information content (AvgIpc) is 2.38. The van der Waals surface area contributed by atoms with Crippen LogP contribution < -0.4 is 11.1 Å². The van der Waals surface area contributed by atoms with Crippen molar-refractivity contribution >= 4 is 11.6 Å². The molecular formula is C12H12N4O. The van der Waals surface area contributed by atoms with Crippen molar-refractivity contribution in [2.24, 2.45) is 5.73 Å². The van der Waals surface area contributed by atoms with Crippen molar-refractivity contribution in [2.75, 3.05) is 5.32 Å². The van der Waals surface area contributed by atoms with Crippen molar-refractivity contribution in [3.63, 3.8) is 0 Å². The van der Waals surface area contributed by atoms with E-state index in [1.807, 2.05) is 12.1 Å². The second-order valence-electron chi connectivity index (χ2n) is 3.50. The minimum absolute atomic E-state index is 0.435. The molecule has 0 radical (unpaired) electrons. The first-order valence-electron chi connectivity index (χ1n) is 5.14. The summed E-state index contributed by atoms with van der Waals surface area (Å²) < 4.78 is 0. The molecule has 0 spiro atoms. The lowest BCUT2D eigenvalue weighted by molar-refractivity contribution is 0.100. The second-order valence-corrected chi connectivity index (χ2v) is 3.50. The first-order valence-corrected chi connectivity index (χ1v) is 5.14. The highest BCUT2D eigenvalue weighted by Crippen LogP contribution is 2.11. The Morgan fingerprint density at radius 2 is 2.24 bits per heavy atom. The Bertz CT molecular complexity index is 513. The molecule has 0 atom stereocenters. The summed E-state index contributed by atoms with van der Waals surface area (Å²) in [6.45, 7) is 0.574. The fourth-order valence-corrected chi connectivity index (χ4v) is 1.40. The average molecular weight is 228 g/mol. The Kier molecular flexibility index (Phi) is 3.30. The van der Waals surface area contributed by atoms with Gasteiger partial charge < -0.3 is 11.1 Å². The number of nitrogens with zero attached hydrogens (tertiary/aromatic N) is 2. The van der Waals surface area contributed by atoms with Crippen LogP contribution in [0.25, 0.3) is 0 Å². The van der Waals surface area contributed by atoms with E-state index >= 15 is 0 Å². The van der Waals surface area contributed by atoms with E-state index in [2.05, 4.69) is 15.3 Å². The highest BCUT2D eigenvalue weighted by atomic mass is 16.1. The van der Waals surface area contributed by atoms with Gasteiger partial charge in [-0.3, -0.25) is 4.79 Å². The fourth-order valence-electron chi connectivity index (χ4n) is 1.40. The van der Waals surface area contributed by atoms with Gasteiger partial charge in [0.1, 0.15) is 6.33 Å². The number of nitrogens with two attached hydrogens (primary N) is 1. The SMILES string of the molecule is NC(=O)c1cccc(NCc2ccncn2)c1. The number of rotatable bonds is 4. The van der Waals surface area contributed by atoms with Gasteiger partial charge in [0, 0.05) is 17.4 Å². The van der Waals surface area contributed by atoms with Gasteiger partial charge >= 0.3 is 0 Å². The molecule has 1 aromatic carbocycles. The van der Waals surface area contributed by atoms with E-state index in [0.717, 1.165) is 11.4 Å². The summed E-state index contributed by atoms with van der Waals surface area (Å²) in [5, 5.41) is 3.16. The molecule has 0 fully saturated rings. The third-order valence-electron chi connectivity index (χ3n) is 2.26. The van der Waals surface area contributed by atoms with E-state index in [0.29, 0.717) is 12.1 Å². The molecule has 1 aromatic heterocycles. The summed E-state index contributed by atoms with van der Waals surface area (Å²) >= 11 is 0. The van der Waals surface area contributed by atoms with Gasteiger partial charge in [0.2, 0.25) is 5.91 Å². The quantitative estimate of drug-likeness (QED) is 0.823. The number of carbonyl (C=O) groups excluding carboxylic acids is 1. The summed E-state index contributed by atoms with van der Waals surface area (Å²) in [7, 11) is 0. The van der Waals surface area contributed by atoms with Gasteiger partial charge in [-0.05, 0) is 24.3 Å². The lowest BCUT2D eigenvalue weighted by Gasteiger charge is -2.06. The highest BCUT2D eigenvalue weighted by Gasteiger charge is 2.01. The van der Waals surface area contributed by atoms with Crippen LogP contribution in [0.15, 0.2) is 42.9 Å². The van der Waals surface area contributed by atoms with E-state index in [1.54, 1.807) is 24.4 Å². The lowest BCUT2D eigenvalue weighted by atomic mass is 10.2. The number of benzene rings is 1. The summed E-state index contributed by atoms with van der Waals surface area (Å²) in [6.07, 6.45) is 3.18. The lowest BCUT2D eigenvalue weighted by Crippen LogP contribution is -2.11. The molecule has 0 aliphatic rings. The predicted octanol–water partition coefficient (Wildman–Crippen LogP) is 1.19. The molecule has 0 aliphatic carbocycles. The van der Waals surface area contributed by atoms with E-state index < -0.39 is 5.91 Å². The summed E-state index contributed by atoms with van der Waals surface area (Å²) in [4.78, 5) is 18.9. The molecule has 0 saturated carbocycles. The maximum absolute atomic E-state index is 11.0. The van der Waals surface area contributed by atoms with E-state index in [4.69, 9.17) is 5.73 Å². The molecule has 1 heterocycles. The van der Waals surface area contributed by atoms with E-state index in [9.17, 15) is 4.79 Å². The molecular weight excluding hydrogens is 216 g/mol. The third kappa shape index (κ3) is 3.01. The molecule has 5 nitrogen and oxygen atoms in total. The van der Waals surface area contributed by atoms with Gasteiger partial charge in [0.15, 0.2) is 0 Å². The molecule has 0 bridgehead atoms. The molecule has 0 unspecified atom stereocenters. The summed E-state index contributed by atoms with van der Waals surface area (Å²) in [5.74, 6) is -0.435. The number of aromatic nitrogens is 2. The first-order chi connectivity index (χ1) is 8.25. The Hall–Kier alpha value is -2.43. The van der Waals surface area contributed by atoms with Crippen LogP contribution in [0.4, 0.5) is 5.69 Å². The van der Waals surface area contributed by atoms with E-state index in [1.165, 1.54) is 6.33 Å². The van der Waals surface area contributed by atoms with Crippen LogP contribution in [0.3, 0.4) is 0 Å². The van der Waals surface area contributed by atoms with Crippen LogP contribution in [0.1, 0.15) is 16.1 Å². The molecule has 3 N–H and O–H groups in total.